The normalized spacial score (nSPS) is 20.6. The van der Waals surface area contributed by atoms with Crippen LogP contribution < -0.4 is 4.74 Å². The van der Waals surface area contributed by atoms with E-state index in [2.05, 4.69) is 20.3 Å². The lowest BCUT2D eigenvalue weighted by atomic mass is 9.87. The van der Waals surface area contributed by atoms with E-state index in [9.17, 15) is 14.7 Å². The van der Waals surface area contributed by atoms with Crippen LogP contribution in [0.3, 0.4) is 0 Å². The zero-order chi connectivity index (χ0) is 22.7. The standard InChI is InChI=1S/C21H28N6O5/c1-26(11-13-6-7-13)21(30)31-12-17-19(24-25-27(17)2)16-9-23-18(10-22-16)32-15-5-3-4-14(8-15)20(28)29/h9-10,13-15H,3-8,11-12H2,1-2H3,(H,28,29)/t14-,15-/m0/s1. The van der Waals surface area contributed by atoms with Gasteiger partial charge in [-0.1, -0.05) is 5.21 Å². The fourth-order valence-corrected chi connectivity index (χ4v) is 3.89. The van der Waals surface area contributed by atoms with E-state index in [1.165, 1.54) is 12.4 Å². The second-order valence-corrected chi connectivity index (χ2v) is 8.57. The lowest BCUT2D eigenvalue weighted by molar-refractivity contribution is -0.143. The first-order valence-corrected chi connectivity index (χ1v) is 10.9. The van der Waals surface area contributed by atoms with Gasteiger partial charge in [0.25, 0.3) is 0 Å². The van der Waals surface area contributed by atoms with E-state index in [1.807, 2.05) is 0 Å². The van der Waals surface area contributed by atoms with Gasteiger partial charge in [-0.2, -0.15) is 0 Å². The zero-order valence-electron chi connectivity index (χ0n) is 18.3. The van der Waals surface area contributed by atoms with E-state index in [0.717, 1.165) is 25.7 Å². The largest absolute Gasteiger partial charge is 0.481 e. The summed E-state index contributed by atoms with van der Waals surface area (Å²) in [7, 11) is 3.46. The van der Waals surface area contributed by atoms with Crippen molar-refractivity contribution in [3.05, 3.63) is 18.1 Å². The molecule has 32 heavy (non-hydrogen) atoms. The van der Waals surface area contributed by atoms with Crippen LogP contribution >= 0.6 is 0 Å². The number of ether oxygens (including phenoxy) is 2. The predicted octanol–water partition coefficient (Wildman–Crippen LogP) is 2.27. The highest BCUT2D eigenvalue weighted by molar-refractivity contribution is 5.70. The average molecular weight is 444 g/mol. The number of rotatable bonds is 8. The van der Waals surface area contributed by atoms with Gasteiger partial charge in [-0.05, 0) is 44.4 Å². The Bertz CT molecular complexity index is 958. The predicted molar refractivity (Wildman–Crippen MR) is 112 cm³/mol. The van der Waals surface area contributed by atoms with Gasteiger partial charge in [0.05, 0.1) is 18.3 Å². The van der Waals surface area contributed by atoms with Crippen LogP contribution in [0.25, 0.3) is 11.4 Å². The van der Waals surface area contributed by atoms with E-state index in [4.69, 9.17) is 9.47 Å². The molecule has 2 aliphatic rings. The number of carboxylic acid groups (broad SMARTS) is 1. The topological polar surface area (TPSA) is 133 Å². The highest BCUT2D eigenvalue weighted by Crippen LogP contribution is 2.30. The molecular formula is C21H28N6O5. The number of nitrogens with zero attached hydrogens (tertiary/aromatic N) is 6. The maximum Gasteiger partial charge on any atom is 0.409 e. The highest BCUT2D eigenvalue weighted by Gasteiger charge is 2.29. The number of carbonyl (C=O) groups is 2. The Morgan fingerprint density at radius 3 is 2.72 bits per heavy atom. The summed E-state index contributed by atoms with van der Waals surface area (Å²) >= 11 is 0. The molecular weight excluding hydrogens is 416 g/mol. The zero-order valence-corrected chi connectivity index (χ0v) is 18.3. The molecule has 11 heteroatoms. The fourth-order valence-electron chi connectivity index (χ4n) is 3.89. The lowest BCUT2D eigenvalue weighted by Gasteiger charge is -2.26. The van der Waals surface area contributed by atoms with Gasteiger partial charge in [-0.25, -0.2) is 19.4 Å². The maximum atomic E-state index is 12.2. The summed E-state index contributed by atoms with van der Waals surface area (Å²) < 4.78 is 12.8. The fraction of sp³-hybridized carbons (Fsp3) is 0.619. The summed E-state index contributed by atoms with van der Waals surface area (Å²) in [6.45, 7) is 0.724. The second-order valence-electron chi connectivity index (χ2n) is 8.57. The molecule has 0 radical (unpaired) electrons. The van der Waals surface area contributed by atoms with Crippen LogP contribution in [0.1, 0.15) is 44.2 Å². The monoisotopic (exact) mass is 444 g/mol. The van der Waals surface area contributed by atoms with Crippen molar-refractivity contribution in [2.45, 2.75) is 51.2 Å². The number of aryl methyl sites for hydroxylation is 1. The van der Waals surface area contributed by atoms with Crippen LogP contribution in [0.15, 0.2) is 12.4 Å². The maximum absolute atomic E-state index is 12.2. The van der Waals surface area contributed by atoms with Gasteiger partial charge in [0, 0.05) is 20.6 Å². The third-order valence-electron chi connectivity index (χ3n) is 5.95. The SMILES string of the molecule is CN(CC1CC1)C(=O)OCc1c(-c2cnc(O[C@H]3CCC[C@H](C(=O)O)C3)cn2)nnn1C. The van der Waals surface area contributed by atoms with Crippen molar-refractivity contribution >= 4 is 12.1 Å². The summed E-state index contributed by atoms with van der Waals surface area (Å²) in [4.78, 5) is 33.7. The smallest absolute Gasteiger partial charge is 0.409 e. The Kier molecular flexibility index (Phi) is 6.52. The van der Waals surface area contributed by atoms with E-state index < -0.39 is 5.97 Å². The van der Waals surface area contributed by atoms with Gasteiger partial charge < -0.3 is 19.5 Å². The van der Waals surface area contributed by atoms with Crippen molar-refractivity contribution in [2.24, 2.45) is 18.9 Å². The molecule has 0 saturated heterocycles. The first-order valence-electron chi connectivity index (χ1n) is 10.9. The van der Waals surface area contributed by atoms with Gasteiger partial charge >= 0.3 is 12.1 Å². The van der Waals surface area contributed by atoms with Gasteiger partial charge in [-0.3, -0.25) is 4.79 Å². The molecule has 4 rings (SSSR count). The summed E-state index contributed by atoms with van der Waals surface area (Å²) in [6.07, 6.45) is 7.51. The molecule has 2 fully saturated rings. The van der Waals surface area contributed by atoms with Crippen LogP contribution in [0.4, 0.5) is 4.79 Å². The summed E-state index contributed by atoms with van der Waals surface area (Å²) in [5.74, 6) is -0.243. The molecule has 11 nitrogen and oxygen atoms in total. The van der Waals surface area contributed by atoms with Crippen molar-refractivity contribution < 1.29 is 24.2 Å². The molecule has 0 bridgehead atoms. The minimum absolute atomic E-state index is 0.0191. The minimum Gasteiger partial charge on any atom is -0.481 e. The van der Waals surface area contributed by atoms with Crippen LogP contribution in [-0.2, 0) is 23.2 Å². The van der Waals surface area contributed by atoms with Crippen molar-refractivity contribution in [2.75, 3.05) is 13.6 Å². The van der Waals surface area contributed by atoms with Gasteiger partial charge in [0.15, 0.2) is 0 Å². The van der Waals surface area contributed by atoms with E-state index in [-0.39, 0.29) is 24.7 Å². The molecule has 2 heterocycles. The molecule has 2 aromatic rings. The Morgan fingerprint density at radius 1 is 1.22 bits per heavy atom. The van der Waals surface area contributed by atoms with Crippen LogP contribution in [0.2, 0.25) is 0 Å². The number of amides is 1. The Morgan fingerprint density at radius 2 is 2.03 bits per heavy atom. The number of carboxylic acids is 1. The Balaban J connectivity index is 1.37. The van der Waals surface area contributed by atoms with E-state index >= 15 is 0 Å². The first kappa shape index (κ1) is 22.0. The van der Waals surface area contributed by atoms with Gasteiger partial charge in [0.1, 0.15) is 29.8 Å². The highest BCUT2D eigenvalue weighted by atomic mass is 16.6. The first-order chi connectivity index (χ1) is 15.4. The molecule has 0 aliphatic heterocycles. The summed E-state index contributed by atoms with van der Waals surface area (Å²) in [5.41, 5.74) is 1.57. The molecule has 0 unspecified atom stereocenters. The minimum atomic E-state index is -0.783. The molecule has 2 aliphatic carbocycles. The molecule has 0 aromatic carbocycles. The molecule has 2 atom stereocenters. The van der Waals surface area contributed by atoms with Crippen molar-refractivity contribution in [1.82, 2.24) is 29.9 Å². The Labute approximate surface area is 185 Å². The van der Waals surface area contributed by atoms with Gasteiger partial charge in [0.2, 0.25) is 5.88 Å². The van der Waals surface area contributed by atoms with Crippen LogP contribution in [-0.4, -0.2) is 66.7 Å². The average Bonchev–Trinajstić information content (AvgIpc) is 3.53. The van der Waals surface area contributed by atoms with Crippen molar-refractivity contribution in [3.8, 4) is 17.3 Å². The molecule has 0 spiro atoms. The van der Waals surface area contributed by atoms with Crippen molar-refractivity contribution in [3.63, 3.8) is 0 Å². The van der Waals surface area contributed by atoms with E-state index in [1.54, 1.807) is 23.7 Å². The summed E-state index contributed by atoms with van der Waals surface area (Å²) in [5, 5.41) is 17.4. The molecule has 1 amide bonds. The van der Waals surface area contributed by atoms with Crippen molar-refractivity contribution in [1.29, 1.82) is 0 Å². The molecule has 1 N–H and O–H groups in total. The number of carbonyl (C=O) groups excluding carboxylic acids is 1. The quantitative estimate of drug-likeness (QED) is 0.651. The van der Waals surface area contributed by atoms with E-state index in [0.29, 0.717) is 48.3 Å². The third kappa shape index (κ3) is 5.32. The molecule has 172 valence electrons. The Hall–Kier alpha value is -3.24. The van der Waals surface area contributed by atoms with Crippen LogP contribution in [0.5, 0.6) is 5.88 Å². The number of hydrogen-bond acceptors (Lipinski definition) is 8. The number of aromatic nitrogens is 5. The second kappa shape index (κ2) is 9.49. The lowest BCUT2D eigenvalue weighted by Crippen LogP contribution is -2.29. The number of hydrogen-bond donors (Lipinski definition) is 1. The molecule has 2 saturated carbocycles. The van der Waals surface area contributed by atoms with Crippen LogP contribution in [0, 0.1) is 11.8 Å². The third-order valence-corrected chi connectivity index (χ3v) is 5.95. The van der Waals surface area contributed by atoms with Gasteiger partial charge in [-0.15, -0.1) is 5.10 Å². The molecule has 2 aromatic heterocycles. The summed E-state index contributed by atoms with van der Waals surface area (Å²) in [6, 6.07) is 0. The number of aliphatic carboxylic acids is 1.